The molecular formula is C13H16FNO2. The molecule has 0 saturated carbocycles. The van der Waals surface area contributed by atoms with Crippen molar-refractivity contribution in [3.8, 4) is 0 Å². The maximum atomic E-state index is 13.8. The van der Waals surface area contributed by atoms with Gasteiger partial charge in [0.15, 0.2) is 0 Å². The Morgan fingerprint density at radius 3 is 2.65 bits per heavy atom. The van der Waals surface area contributed by atoms with Crippen molar-refractivity contribution in [3.63, 3.8) is 0 Å². The zero-order chi connectivity index (χ0) is 12.4. The lowest BCUT2D eigenvalue weighted by atomic mass is 9.98. The summed E-state index contributed by atoms with van der Waals surface area (Å²) in [4.78, 5) is 13.1. The molecule has 1 N–H and O–H groups in total. The molecule has 1 aromatic rings. The summed E-state index contributed by atoms with van der Waals surface area (Å²) in [7, 11) is 0. The van der Waals surface area contributed by atoms with E-state index < -0.39 is 17.7 Å². The van der Waals surface area contributed by atoms with E-state index in [1.165, 1.54) is 13.0 Å². The SMILES string of the molecule is CC(C(=O)O)c1c(F)cccc1N1CCCC1. The van der Waals surface area contributed by atoms with Gasteiger partial charge in [-0.1, -0.05) is 6.07 Å². The molecule has 0 radical (unpaired) electrons. The van der Waals surface area contributed by atoms with E-state index in [0.717, 1.165) is 31.6 Å². The second kappa shape index (κ2) is 4.73. The van der Waals surface area contributed by atoms with Gasteiger partial charge in [0.25, 0.3) is 0 Å². The minimum absolute atomic E-state index is 0.307. The average Bonchev–Trinajstić information content (AvgIpc) is 2.81. The van der Waals surface area contributed by atoms with E-state index in [0.29, 0.717) is 5.56 Å². The molecule has 1 unspecified atom stereocenters. The maximum Gasteiger partial charge on any atom is 0.310 e. The number of carboxylic acids is 1. The molecule has 0 spiro atoms. The molecule has 0 bridgehead atoms. The van der Waals surface area contributed by atoms with Gasteiger partial charge in [0.05, 0.1) is 5.92 Å². The van der Waals surface area contributed by atoms with E-state index in [1.54, 1.807) is 6.07 Å². The number of hydrogen-bond donors (Lipinski definition) is 1. The molecule has 1 atom stereocenters. The fourth-order valence-corrected chi connectivity index (χ4v) is 2.31. The van der Waals surface area contributed by atoms with E-state index in [1.807, 2.05) is 6.07 Å². The lowest BCUT2D eigenvalue weighted by molar-refractivity contribution is -0.138. The summed E-state index contributed by atoms with van der Waals surface area (Å²) in [5, 5.41) is 9.04. The average molecular weight is 237 g/mol. The minimum Gasteiger partial charge on any atom is -0.481 e. The molecule has 17 heavy (non-hydrogen) atoms. The number of anilines is 1. The van der Waals surface area contributed by atoms with E-state index >= 15 is 0 Å². The Hall–Kier alpha value is -1.58. The molecule has 2 rings (SSSR count). The first-order chi connectivity index (χ1) is 8.11. The van der Waals surface area contributed by atoms with Gasteiger partial charge >= 0.3 is 5.97 Å². The van der Waals surface area contributed by atoms with Gasteiger partial charge in [-0.05, 0) is 31.9 Å². The highest BCUT2D eigenvalue weighted by Crippen LogP contribution is 2.32. The fraction of sp³-hybridized carbons (Fsp3) is 0.462. The van der Waals surface area contributed by atoms with Gasteiger partial charge in [-0.15, -0.1) is 0 Å². The summed E-state index contributed by atoms with van der Waals surface area (Å²) in [6.07, 6.45) is 2.16. The van der Waals surface area contributed by atoms with E-state index in [-0.39, 0.29) is 0 Å². The molecule has 92 valence electrons. The molecule has 0 aliphatic carbocycles. The number of carboxylic acid groups (broad SMARTS) is 1. The van der Waals surface area contributed by atoms with Crippen LogP contribution in [0.15, 0.2) is 18.2 Å². The molecule has 1 fully saturated rings. The van der Waals surface area contributed by atoms with Gasteiger partial charge in [0.2, 0.25) is 0 Å². The number of carbonyl (C=O) groups is 1. The third kappa shape index (κ3) is 2.25. The summed E-state index contributed by atoms with van der Waals surface area (Å²) in [5.74, 6) is -2.23. The second-order valence-corrected chi connectivity index (χ2v) is 4.43. The quantitative estimate of drug-likeness (QED) is 0.878. The van der Waals surface area contributed by atoms with Crippen molar-refractivity contribution >= 4 is 11.7 Å². The second-order valence-electron chi connectivity index (χ2n) is 4.43. The van der Waals surface area contributed by atoms with Crippen LogP contribution in [-0.4, -0.2) is 24.2 Å². The molecule has 4 heteroatoms. The lowest BCUT2D eigenvalue weighted by Gasteiger charge is -2.23. The molecule has 0 amide bonds. The van der Waals surface area contributed by atoms with Crippen LogP contribution in [0.5, 0.6) is 0 Å². The van der Waals surface area contributed by atoms with Crippen molar-refractivity contribution < 1.29 is 14.3 Å². The standard InChI is InChI=1S/C13H16FNO2/c1-9(13(16)17)12-10(14)5-4-6-11(12)15-7-2-3-8-15/h4-6,9H,2-3,7-8H2,1H3,(H,16,17). The van der Waals surface area contributed by atoms with Gasteiger partial charge in [-0.25, -0.2) is 4.39 Å². The smallest absolute Gasteiger partial charge is 0.310 e. The summed E-state index contributed by atoms with van der Waals surface area (Å²) >= 11 is 0. The number of halogens is 1. The molecule has 3 nitrogen and oxygen atoms in total. The molecule has 1 saturated heterocycles. The van der Waals surface area contributed by atoms with Crippen LogP contribution in [-0.2, 0) is 4.79 Å². The van der Waals surface area contributed by atoms with Gasteiger partial charge in [0.1, 0.15) is 5.82 Å². The normalized spacial score (nSPS) is 17.2. The van der Waals surface area contributed by atoms with Crippen LogP contribution >= 0.6 is 0 Å². The number of hydrogen-bond acceptors (Lipinski definition) is 2. The van der Waals surface area contributed by atoms with Gasteiger partial charge in [-0.2, -0.15) is 0 Å². The highest BCUT2D eigenvalue weighted by molar-refractivity contribution is 5.79. The zero-order valence-corrected chi connectivity index (χ0v) is 9.82. The highest BCUT2D eigenvalue weighted by atomic mass is 19.1. The Morgan fingerprint density at radius 1 is 1.41 bits per heavy atom. The van der Waals surface area contributed by atoms with Crippen molar-refractivity contribution in [1.82, 2.24) is 0 Å². The predicted molar refractivity (Wildman–Crippen MR) is 63.9 cm³/mol. The molecule has 1 aromatic carbocycles. The topological polar surface area (TPSA) is 40.5 Å². The van der Waals surface area contributed by atoms with E-state index in [9.17, 15) is 9.18 Å². The summed E-state index contributed by atoms with van der Waals surface area (Å²) in [6.45, 7) is 3.28. The van der Waals surface area contributed by atoms with Crippen LogP contribution in [0.2, 0.25) is 0 Å². The van der Waals surface area contributed by atoms with Crippen LogP contribution in [0.25, 0.3) is 0 Å². The van der Waals surface area contributed by atoms with Crippen LogP contribution in [0.4, 0.5) is 10.1 Å². The van der Waals surface area contributed by atoms with Gasteiger partial charge < -0.3 is 10.0 Å². The number of aliphatic carboxylic acids is 1. The largest absolute Gasteiger partial charge is 0.481 e. The highest BCUT2D eigenvalue weighted by Gasteiger charge is 2.25. The predicted octanol–water partition coefficient (Wildman–Crippen LogP) is 2.61. The van der Waals surface area contributed by atoms with E-state index in [2.05, 4.69) is 4.90 Å². The zero-order valence-electron chi connectivity index (χ0n) is 9.82. The van der Waals surface area contributed by atoms with Gasteiger partial charge in [0, 0.05) is 24.3 Å². The fourth-order valence-electron chi connectivity index (χ4n) is 2.31. The summed E-state index contributed by atoms with van der Waals surface area (Å²) < 4.78 is 13.8. The Balaban J connectivity index is 2.43. The van der Waals surface area contributed by atoms with Crippen molar-refractivity contribution in [2.24, 2.45) is 0 Å². The van der Waals surface area contributed by atoms with E-state index in [4.69, 9.17) is 5.11 Å². The summed E-state index contributed by atoms with van der Waals surface area (Å²) in [5.41, 5.74) is 1.04. The number of benzene rings is 1. The first-order valence-corrected chi connectivity index (χ1v) is 5.87. The van der Waals surface area contributed by atoms with Crippen molar-refractivity contribution in [2.45, 2.75) is 25.7 Å². The minimum atomic E-state index is -0.990. The molecule has 1 heterocycles. The third-order valence-electron chi connectivity index (χ3n) is 3.28. The van der Waals surface area contributed by atoms with Crippen LogP contribution in [0.3, 0.4) is 0 Å². The monoisotopic (exact) mass is 237 g/mol. The first kappa shape index (κ1) is 11.9. The third-order valence-corrected chi connectivity index (χ3v) is 3.28. The number of rotatable bonds is 3. The molecule has 0 aromatic heterocycles. The maximum absolute atomic E-state index is 13.8. The lowest BCUT2D eigenvalue weighted by Crippen LogP contribution is -2.22. The Labute approximate surface area is 99.9 Å². The van der Waals surface area contributed by atoms with Crippen LogP contribution in [0.1, 0.15) is 31.2 Å². The first-order valence-electron chi connectivity index (χ1n) is 5.87. The Kier molecular flexibility index (Phi) is 3.31. The summed E-state index contributed by atoms with van der Waals surface area (Å²) in [6, 6.07) is 4.78. The van der Waals surface area contributed by atoms with Crippen LogP contribution in [0, 0.1) is 5.82 Å². The molecule has 1 aliphatic heterocycles. The van der Waals surface area contributed by atoms with Crippen molar-refractivity contribution in [2.75, 3.05) is 18.0 Å². The van der Waals surface area contributed by atoms with Crippen molar-refractivity contribution in [1.29, 1.82) is 0 Å². The van der Waals surface area contributed by atoms with Gasteiger partial charge in [-0.3, -0.25) is 4.79 Å². The Bertz CT molecular complexity index is 427. The molecular weight excluding hydrogens is 221 g/mol. The van der Waals surface area contributed by atoms with Crippen LogP contribution < -0.4 is 4.90 Å². The number of nitrogens with zero attached hydrogens (tertiary/aromatic N) is 1. The van der Waals surface area contributed by atoms with Crippen molar-refractivity contribution in [3.05, 3.63) is 29.6 Å². The molecule has 1 aliphatic rings. The Morgan fingerprint density at radius 2 is 2.06 bits per heavy atom.